The van der Waals surface area contributed by atoms with Crippen molar-refractivity contribution in [3.63, 3.8) is 0 Å². The number of fused-ring (bicyclic) bond motifs is 1. The van der Waals surface area contributed by atoms with E-state index in [1.54, 1.807) is 11.3 Å². The summed E-state index contributed by atoms with van der Waals surface area (Å²) in [6.07, 6.45) is 6.22. The maximum absolute atomic E-state index is 12.9. The number of nitrogens with one attached hydrogen (secondary N) is 1. The van der Waals surface area contributed by atoms with Crippen LogP contribution in [0.4, 0.5) is 0 Å². The lowest BCUT2D eigenvalue weighted by atomic mass is 9.85. The quantitative estimate of drug-likeness (QED) is 0.574. The molecule has 146 valence electrons. The normalized spacial score (nSPS) is 23.0. The first-order valence-electron chi connectivity index (χ1n) is 9.59. The van der Waals surface area contributed by atoms with Gasteiger partial charge in [-0.2, -0.15) is 0 Å². The molecule has 1 saturated heterocycles. The Morgan fingerprint density at radius 2 is 1.89 bits per heavy atom. The van der Waals surface area contributed by atoms with E-state index >= 15 is 0 Å². The first-order chi connectivity index (χ1) is 12.9. The summed E-state index contributed by atoms with van der Waals surface area (Å²) in [5.74, 6) is -1.03. The molecule has 0 spiro atoms. The van der Waals surface area contributed by atoms with E-state index in [1.165, 1.54) is 4.90 Å². The maximum atomic E-state index is 12.9. The zero-order valence-corrected chi connectivity index (χ0v) is 16.9. The molecule has 6 nitrogen and oxygen atoms in total. The van der Waals surface area contributed by atoms with Crippen molar-refractivity contribution in [3.8, 4) is 0 Å². The smallest absolute Gasteiger partial charge is 0.243 e. The van der Waals surface area contributed by atoms with Gasteiger partial charge in [-0.15, -0.1) is 11.3 Å². The third kappa shape index (κ3) is 4.29. The van der Waals surface area contributed by atoms with Gasteiger partial charge in [-0.1, -0.05) is 26.0 Å². The zero-order valence-electron chi connectivity index (χ0n) is 16.1. The number of nitrogens with zero attached hydrogens (tertiary/aromatic N) is 2. The van der Waals surface area contributed by atoms with Crippen LogP contribution in [0, 0.1) is 24.7 Å². The molecule has 0 radical (unpaired) electrons. The summed E-state index contributed by atoms with van der Waals surface area (Å²) in [4.78, 5) is 44.2. The van der Waals surface area contributed by atoms with Crippen molar-refractivity contribution in [2.75, 3.05) is 6.54 Å². The van der Waals surface area contributed by atoms with Crippen LogP contribution in [-0.4, -0.2) is 40.2 Å². The average Bonchev–Trinajstić information content (AvgIpc) is 3.15. The molecule has 3 amide bonds. The standard InChI is InChI=1S/C20H27N3O3S/c1-12(2)10-17(18(24)21-9-8-14-11-27-13(3)22-14)23-19(25)15-6-4-5-7-16(15)20(23)26/h4-5,11-12,15-17H,6-10H2,1-3H3,(H,21,24)/t15-,16-,17-/m0/s1. The van der Waals surface area contributed by atoms with Gasteiger partial charge in [-0.3, -0.25) is 19.3 Å². The lowest BCUT2D eigenvalue weighted by Crippen LogP contribution is -2.51. The number of likely N-dealkylation sites (tertiary alicyclic amines) is 1. The Hall–Kier alpha value is -2.02. The summed E-state index contributed by atoms with van der Waals surface area (Å²) in [7, 11) is 0. The molecule has 0 aromatic carbocycles. The highest BCUT2D eigenvalue weighted by Crippen LogP contribution is 2.37. The maximum Gasteiger partial charge on any atom is 0.243 e. The van der Waals surface area contributed by atoms with Gasteiger partial charge < -0.3 is 5.32 Å². The zero-order chi connectivity index (χ0) is 19.6. The third-order valence-corrected chi connectivity index (χ3v) is 6.02. The molecule has 0 saturated carbocycles. The fraction of sp³-hybridized carbons (Fsp3) is 0.600. The number of rotatable bonds is 7. The molecular formula is C20H27N3O3S. The number of imide groups is 1. The van der Waals surface area contributed by atoms with Crippen molar-refractivity contribution in [2.24, 2.45) is 17.8 Å². The molecule has 7 heteroatoms. The molecule has 1 aliphatic heterocycles. The number of aromatic nitrogens is 1. The van der Waals surface area contributed by atoms with Crippen molar-refractivity contribution < 1.29 is 14.4 Å². The molecule has 2 aliphatic rings. The van der Waals surface area contributed by atoms with Crippen LogP contribution in [0.2, 0.25) is 0 Å². The summed E-state index contributed by atoms with van der Waals surface area (Å²) in [6, 6.07) is -0.729. The predicted octanol–water partition coefficient (Wildman–Crippen LogP) is 2.48. The van der Waals surface area contributed by atoms with E-state index in [-0.39, 0.29) is 35.5 Å². The number of aryl methyl sites for hydroxylation is 1. The summed E-state index contributed by atoms with van der Waals surface area (Å²) >= 11 is 1.58. The minimum atomic E-state index is -0.729. The summed E-state index contributed by atoms with van der Waals surface area (Å²) in [5.41, 5.74) is 0.948. The van der Waals surface area contributed by atoms with Crippen molar-refractivity contribution in [1.82, 2.24) is 15.2 Å². The fourth-order valence-corrected chi connectivity index (χ4v) is 4.51. The van der Waals surface area contributed by atoms with Gasteiger partial charge in [0.2, 0.25) is 17.7 Å². The molecule has 2 heterocycles. The van der Waals surface area contributed by atoms with Crippen LogP contribution in [-0.2, 0) is 20.8 Å². The Morgan fingerprint density at radius 1 is 1.26 bits per heavy atom. The number of amides is 3. The lowest BCUT2D eigenvalue weighted by molar-refractivity contribution is -0.148. The van der Waals surface area contributed by atoms with Crippen LogP contribution in [0.5, 0.6) is 0 Å². The molecule has 1 aromatic heterocycles. The fourth-order valence-electron chi connectivity index (χ4n) is 3.86. The number of carbonyl (C=O) groups is 3. The second-order valence-electron chi connectivity index (χ2n) is 7.75. The molecule has 1 N–H and O–H groups in total. The highest BCUT2D eigenvalue weighted by Gasteiger charge is 2.51. The van der Waals surface area contributed by atoms with E-state index in [0.717, 1.165) is 10.7 Å². The monoisotopic (exact) mass is 389 g/mol. The molecule has 0 unspecified atom stereocenters. The van der Waals surface area contributed by atoms with Crippen molar-refractivity contribution >= 4 is 29.1 Å². The third-order valence-electron chi connectivity index (χ3n) is 5.20. The van der Waals surface area contributed by atoms with Gasteiger partial charge in [0, 0.05) is 18.3 Å². The number of carbonyl (C=O) groups excluding carboxylic acids is 3. The van der Waals surface area contributed by atoms with Gasteiger partial charge in [-0.05, 0) is 32.1 Å². The van der Waals surface area contributed by atoms with Gasteiger partial charge in [0.25, 0.3) is 0 Å². The Labute approximate surface area is 164 Å². The lowest BCUT2D eigenvalue weighted by Gasteiger charge is -2.27. The predicted molar refractivity (Wildman–Crippen MR) is 104 cm³/mol. The van der Waals surface area contributed by atoms with Gasteiger partial charge in [-0.25, -0.2) is 4.98 Å². The van der Waals surface area contributed by atoms with Gasteiger partial charge in [0.15, 0.2) is 0 Å². The Balaban J connectivity index is 1.68. The van der Waals surface area contributed by atoms with Gasteiger partial charge in [0.05, 0.1) is 22.5 Å². The second-order valence-corrected chi connectivity index (χ2v) is 8.81. The first-order valence-corrected chi connectivity index (χ1v) is 10.5. The van der Waals surface area contributed by atoms with Crippen molar-refractivity contribution in [2.45, 2.75) is 52.5 Å². The number of thiazole rings is 1. The highest BCUT2D eigenvalue weighted by molar-refractivity contribution is 7.09. The summed E-state index contributed by atoms with van der Waals surface area (Å²) < 4.78 is 0. The molecule has 1 aromatic rings. The topological polar surface area (TPSA) is 79.4 Å². The Bertz CT molecular complexity index is 729. The van der Waals surface area contributed by atoms with E-state index < -0.39 is 6.04 Å². The first kappa shape index (κ1) is 19.7. The minimum Gasteiger partial charge on any atom is -0.354 e. The molecule has 27 heavy (non-hydrogen) atoms. The van der Waals surface area contributed by atoms with Crippen LogP contribution in [0.15, 0.2) is 17.5 Å². The van der Waals surface area contributed by atoms with Gasteiger partial charge >= 0.3 is 0 Å². The number of hydrogen-bond donors (Lipinski definition) is 1. The van der Waals surface area contributed by atoms with Crippen LogP contribution in [0.25, 0.3) is 0 Å². The molecule has 0 bridgehead atoms. The van der Waals surface area contributed by atoms with Crippen LogP contribution < -0.4 is 5.32 Å². The highest BCUT2D eigenvalue weighted by atomic mass is 32.1. The van der Waals surface area contributed by atoms with E-state index in [2.05, 4.69) is 10.3 Å². The number of allylic oxidation sites excluding steroid dienone is 2. The average molecular weight is 390 g/mol. The largest absolute Gasteiger partial charge is 0.354 e. The van der Waals surface area contributed by atoms with Crippen LogP contribution >= 0.6 is 11.3 Å². The molecule has 3 rings (SSSR count). The molecular weight excluding hydrogens is 362 g/mol. The molecule has 1 fully saturated rings. The Morgan fingerprint density at radius 3 is 2.41 bits per heavy atom. The Kier molecular flexibility index (Phi) is 6.09. The second kappa shape index (κ2) is 8.33. The molecule has 1 aliphatic carbocycles. The van der Waals surface area contributed by atoms with Crippen LogP contribution in [0.3, 0.4) is 0 Å². The van der Waals surface area contributed by atoms with E-state index in [1.807, 2.05) is 38.3 Å². The minimum absolute atomic E-state index is 0.190. The van der Waals surface area contributed by atoms with Crippen molar-refractivity contribution in [1.29, 1.82) is 0 Å². The van der Waals surface area contributed by atoms with E-state index in [0.29, 0.717) is 32.2 Å². The van der Waals surface area contributed by atoms with E-state index in [4.69, 9.17) is 0 Å². The van der Waals surface area contributed by atoms with E-state index in [9.17, 15) is 14.4 Å². The van der Waals surface area contributed by atoms with Crippen molar-refractivity contribution in [3.05, 3.63) is 28.2 Å². The van der Waals surface area contributed by atoms with Gasteiger partial charge in [0.1, 0.15) is 6.04 Å². The summed E-state index contributed by atoms with van der Waals surface area (Å²) in [6.45, 7) is 6.39. The molecule has 3 atom stereocenters. The number of hydrogen-bond acceptors (Lipinski definition) is 5. The van der Waals surface area contributed by atoms with Crippen LogP contribution in [0.1, 0.15) is 43.8 Å². The summed E-state index contributed by atoms with van der Waals surface area (Å²) in [5, 5.41) is 5.89. The SMILES string of the molecule is Cc1nc(CCNC(=O)[C@H](CC(C)C)N2C(=O)[C@H]3CC=CC[C@@H]3C2=O)cs1.